The van der Waals surface area contributed by atoms with E-state index in [1.807, 2.05) is 0 Å². The molecule has 1 saturated carbocycles. The van der Waals surface area contributed by atoms with Crippen molar-refractivity contribution in [1.29, 1.82) is 0 Å². The van der Waals surface area contributed by atoms with Gasteiger partial charge in [0.1, 0.15) is 24.0 Å². The van der Waals surface area contributed by atoms with Crippen molar-refractivity contribution in [2.24, 2.45) is 10.4 Å². The van der Waals surface area contributed by atoms with Crippen LogP contribution in [-0.2, 0) is 15.1 Å². The molecule has 2 bridgehead atoms. The Bertz CT molecular complexity index is 2090. The fourth-order valence-corrected chi connectivity index (χ4v) is 6.66. The standard InChI is InChI=1S/C33H30ClF7N10O2/c1-30(2,33(39,40)41)15-31(19-6-3-17(4-7-19)22-13-44-51(48-22)20-8-9-20)28(53)49-24(14-42-25(52)12-32(36,37)38)18-5-10-21(34)23(11-18)50-27(43-16-45-50)26(35)46-29(49)47-31/h3-7,10-11,13,16,20,24,26H,8-9,12,14-15H2,1-2H3,(H,42,52)(H,46,47)/t24-,26?,31-/m1/s1. The van der Waals surface area contributed by atoms with Crippen molar-refractivity contribution in [2.75, 3.05) is 6.54 Å². The Labute approximate surface area is 301 Å². The molecule has 4 aromatic rings. The van der Waals surface area contributed by atoms with Crippen LogP contribution in [0.5, 0.6) is 0 Å². The van der Waals surface area contributed by atoms with E-state index in [4.69, 9.17) is 11.6 Å². The molecule has 2 aromatic heterocycles. The lowest BCUT2D eigenvalue weighted by molar-refractivity contribution is -0.218. The number of benzene rings is 2. The second-order valence-electron chi connectivity index (χ2n) is 13.8. The van der Waals surface area contributed by atoms with Gasteiger partial charge in [-0.15, -0.1) is 0 Å². The summed E-state index contributed by atoms with van der Waals surface area (Å²) in [6.07, 6.45) is -10.4. The minimum absolute atomic E-state index is 0.0402. The van der Waals surface area contributed by atoms with E-state index in [-0.39, 0.29) is 33.7 Å². The quantitative estimate of drug-likeness (QED) is 0.160. The molecule has 2 fully saturated rings. The largest absolute Gasteiger partial charge is 0.397 e. The van der Waals surface area contributed by atoms with Gasteiger partial charge in [-0.3, -0.25) is 14.5 Å². The summed E-state index contributed by atoms with van der Waals surface area (Å²) in [5, 5.41) is 17.8. The van der Waals surface area contributed by atoms with E-state index in [2.05, 4.69) is 35.9 Å². The van der Waals surface area contributed by atoms with Crippen LogP contribution in [0.3, 0.4) is 0 Å². The summed E-state index contributed by atoms with van der Waals surface area (Å²) in [5.41, 5.74) is -3.53. The summed E-state index contributed by atoms with van der Waals surface area (Å²) in [6.45, 7) is 1.13. The van der Waals surface area contributed by atoms with Gasteiger partial charge in [-0.1, -0.05) is 55.8 Å². The number of amides is 2. The van der Waals surface area contributed by atoms with Gasteiger partial charge < -0.3 is 10.6 Å². The molecule has 2 aromatic carbocycles. The zero-order valence-electron chi connectivity index (χ0n) is 27.9. The predicted octanol–water partition coefficient (Wildman–Crippen LogP) is 6.27. The first-order valence-corrected chi connectivity index (χ1v) is 16.7. The van der Waals surface area contributed by atoms with Gasteiger partial charge in [0.25, 0.3) is 12.2 Å². The molecule has 3 aliphatic rings. The Balaban J connectivity index is 1.38. The van der Waals surface area contributed by atoms with Crippen LogP contribution in [0, 0.1) is 5.41 Å². The van der Waals surface area contributed by atoms with Crippen molar-refractivity contribution in [3.8, 4) is 16.9 Å². The number of carbonyl (C=O) groups is 2. The van der Waals surface area contributed by atoms with E-state index in [9.17, 15) is 31.1 Å². The molecule has 12 nitrogen and oxygen atoms in total. The highest BCUT2D eigenvalue weighted by Gasteiger charge is 2.60. The Hall–Kier alpha value is -5.07. The molecule has 1 saturated heterocycles. The van der Waals surface area contributed by atoms with Crippen molar-refractivity contribution in [3.05, 3.63) is 77.0 Å². The van der Waals surface area contributed by atoms with Crippen LogP contribution in [0.4, 0.5) is 30.7 Å². The summed E-state index contributed by atoms with van der Waals surface area (Å²) in [6, 6.07) is 8.88. The van der Waals surface area contributed by atoms with E-state index in [1.165, 1.54) is 30.3 Å². The van der Waals surface area contributed by atoms with Gasteiger partial charge in [-0.05, 0) is 42.5 Å². The highest BCUT2D eigenvalue weighted by atomic mass is 35.5. The highest BCUT2D eigenvalue weighted by molar-refractivity contribution is 6.32. The van der Waals surface area contributed by atoms with E-state index in [0.717, 1.165) is 42.6 Å². The molecule has 53 heavy (non-hydrogen) atoms. The summed E-state index contributed by atoms with van der Waals surface area (Å²) < 4.78 is 101. The van der Waals surface area contributed by atoms with Crippen LogP contribution in [0.15, 0.2) is 60.0 Å². The van der Waals surface area contributed by atoms with Crippen LogP contribution in [0.2, 0.25) is 5.02 Å². The number of nitrogens with zero attached hydrogens (tertiary/aromatic N) is 8. The number of alkyl halides is 7. The molecular formula is C33H30ClF7N10O2. The van der Waals surface area contributed by atoms with Gasteiger partial charge in [0, 0.05) is 12.1 Å². The molecule has 0 spiro atoms. The van der Waals surface area contributed by atoms with Crippen molar-refractivity contribution in [1.82, 2.24) is 45.3 Å². The van der Waals surface area contributed by atoms with Gasteiger partial charge in [0.15, 0.2) is 5.82 Å². The van der Waals surface area contributed by atoms with Gasteiger partial charge in [0.2, 0.25) is 11.9 Å². The highest BCUT2D eigenvalue weighted by Crippen LogP contribution is 2.49. The van der Waals surface area contributed by atoms with Gasteiger partial charge in [-0.25, -0.2) is 19.0 Å². The molecule has 1 aliphatic carbocycles. The number of rotatable bonds is 8. The van der Waals surface area contributed by atoms with Gasteiger partial charge >= 0.3 is 12.4 Å². The molecule has 280 valence electrons. The molecule has 3 atom stereocenters. The van der Waals surface area contributed by atoms with Crippen LogP contribution in [0.25, 0.3) is 16.9 Å². The summed E-state index contributed by atoms with van der Waals surface area (Å²) in [7, 11) is 0. The number of nitrogens with one attached hydrogen (secondary N) is 2. The third-order valence-electron chi connectivity index (χ3n) is 9.44. The Morgan fingerprint density at radius 2 is 1.77 bits per heavy atom. The number of halogens is 8. The van der Waals surface area contributed by atoms with Crippen LogP contribution >= 0.6 is 11.6 Å². The minimum atomic E-state index is -4.87. The van der Waals surface area contributed by atoms with Crippen molar-refractivity contribution in [3.63, 3.8) is 0 Å². The Morgan fingerprint density at radius 1 is 1.06 bits per heavy atom. The van der Waals surface area contributed by atoms with E-state index in [1.54, 1.807) is 23.1 Å². The molecule has 7 rings (SSSR count). The smallest absolute Gasteiger partial charge is 0.353 e. The second-order valence-corrected chi connectivity index (χ2v) is 14.2. The van der Waals surface area contributed by atoms with E-state index >= 15 is 9.18 Å². The topological polar surface area (TPSA) is 135 Å². The molecule has 4 heterocycles. The molecule has 20 heteroatoms. The normalized spacial score (nSPS) is 22.8. The Morgan fingerprint density at radius 3 is 2.43 bits per heavy atom. The number of carbonyl (C=O) groups excluding carboxylic acids is 2. The summed E-state index contributed by atoms with van der Waals surface area (Å²) in [4.78, 5) is 37.9. The first-order valence-electron chi connectivity index (χ1n) is 16.3. The van der Waals surface area contributed by atoms with E-state index in [0.29, 0.717) is 11.3 Å². The van der Waals surface area contributed by atoms with Crippen LogP contribution < -0.4 is 10.6 Å². The molecule has 2 amide bonds. The van der Waals surface area contributed by atoms with Crippen LogP contribution in [0.1, 0.15) is 74.9 Å². The summed E-state index contributed by atoms with van der Waals surface area (Å²) >= 11 is 6.44. The number of guanidine groups is 1. The van der Waals surface area contributed by atoms with Gasteiger partial charge in [-0.2, -0.15) is 46.4 Å². The monoisotopic (exact) mass is 766 g/mol. The first-order chi connectivity index (χ1) is 24.9. The lowest BCUT2D eigenvalue weighted by Gasteiger charge is -2.37. The molecule has 2 N–H and O–H groups in total. The molecule has 2 aliphatic heterocycles. The maximum atomic E-state index is 16.2. The fourth-order valence-electron chi connectivity index (χ4n) is 6.46. The maximum Gasteiger partial charge on any atom is 0.397 e. The lowest BCUT2D eigenvalue weighted by Crippen LogP contribution is -2.50. The number of aromatic nitrogens is 6. The van der Waals surface area contributed by atoms with Crippen molar-refractivity contribution in [2.45, 2.75) is 75.8 Å². The maximum absolute atomic E-state index is 16.2. The van der Waals surface area contributed by atoms with Crippen molar-refractivity contribution < 1.29 is 40.3 Å². The Kier molecular flexibility index (Phi) is 8.77. The number of hydrogen-bond acceptors (Lipinski definition) is 8. The number of fused-ring (bicyclic) bond motifs is 5. The van der Waals surface area contributed by atoms with Crippen molar-refractivity contribution >= 4 is 29.4 Å². The van der Waals surface area contributed by atoms with E-state index < -0.39 is 72.8 Å². The second kappa shape index (κ2) is 12.8. The predicted molar refractivity (Wildman–Crippen MR) is 174 cm³/mol. The summed E-state index contributed by atoms with van der Waals surface area (Å²) in [5.74, 6) is -3.43. The van der Waals surface area contributed by atoms with Crippen LogP contribution in [-0.4, -0.2) is 71.3 Å². The third-order valence-corrected chi connectivity index (χ3v) is 9.76. The lowest BCUT2D eigenvalue weighted by atomic mass is 9.74. The SMILES string of the molecule is CC(C)(C[C@]1(c2ccc(-c3cnn(C4CC4)n3)cc2)N/C2=N\C(F)c3ncnn3-c3cc(ccc3Cl)[C@@H](CNC(=O)CC(F)(F)F)N2C1=O)C(F)(F)F. The first kappa shape index (κ1) is 36.3. The number of aliphatic imine (C=N–C) groups is 1. The van der Waals surface area contributed by atoms with Gasteiger partial charge in [0.05, 0.1) is 34.4 Å². The zero-order chi connectivity index (χ0) is 38.1. The average Bonchev–Trinajstić information content (AvgIpc) is 3.48. The number of hydrogen-bond donors (Lipinski definition) is 2. The molecular weight excluding hydrogens is 737 g/mol. The zero-order valence-corrected chi connectivity index (χ0v) is 28.6. The molecule has 0 radical (unpaired) electrons. The third kappa shape index (κ3) is 6.81. The minimum Gasteiger partial charge on any atom is -0.353 e. The fraction of sp³-hybridized carbons (Fsp3) is 0.424. The average molecular weight is 767 g/mol. The molecule has 1 unspecified atom stereocenters.